The Kier molecular flexibility index (Phi) is 7.67. The van der Waals surface area contributed by atoms with E-state index in [9.17, 15) is 13.2 Å². The van der Waals surface area contributed by atoms with E-state index in [4.69, 9.17) is 5.41 Å². The van der Waals surface area contributed by atoms with Crippen LogP contribution in [0.1, 0.15) is 0 Å². The number of nitrogens with zero attached hydrogens (tertiary/aromatic N) is 2. The minimum absolute atomic E-state index is 0.519. The van der Waals surface area contributed by atoms with Crippen molar-refractivity contribution in [3.63, 3.8) is 0 Å². The van der Waals surface area contributed by atoms with Crippen LogP contribution in [0.2, 0.25) is 0 Å². The monoisotopic (exact) mass is 185 g/mol. The second-order valence-corrected chi connectivity index (χ2v) is 2.36. The summed E-state index contributed by atoms with van der Waals surface area (Å²) in [5.41, 5.74) is 0. The van der Waals surface area contributed by atoms with Gasteiger partial charge in [0.15, 0.2) is 5.96 Å². The predicted octanol–water partition coefficient (Wildman–Crippen LogP) is 1.22. The Morgan fingerprint density at radius 2 is 1.17 bits per heavy atom. The zero-order valence-corrected chi connectivity index (χ0v) is 7.61. The van der Waals surface area contributed by atoms with Gasteiger partial charge in [-0.05, 0) is 0 Å². The summed E-state index contributed by atoms with van der Waals surface area (Å²) < 4.78 is 29.0. The molecular weight excluding hydrogens is 171 g/mol. The average molecular weight is 185 g/mol. The lowest BCUT2D eigenvalue weighted by atomic mass is 10.7. The average Bonchev–Trinajstić information content (AvgIpc) is 1.84. The minimum Gasteiger partial charge on any atom is -0.349 e. The van der Waals surface area contributed by atoms with Gasteiger partial charge in [0.25, 0.3) is 0 Å². The van der Waals surface area contributed by atoms with Crippen LogP contribution in [-0.4, -0.2) is 50.6 Å². The molecule has 0 aliphatic heterocycles. The highest BCUT2D eigenvalue weighted by atomic mass is 19.4. The van der Waals surface area contributed by atoms with E-state index in [1.165, 1.54) is 0 Å². The molecule has 0 aliphatic carbocycles. The number of guanidine groups is 1. The van der Waals surface area contributed by atoms with E-state index >= 15 is 0 Å². The van der Waals surface area contributed by atoms with Gasteiger partial charge in [-0.25, -0.2) is 0 Å². The van der Waals surface area contributed by atoms with Crippen LogP contribution in [0, 0.1) is 5.41 Å². The van der Waals surface area contributed by atoms with E-state index in [0.717, 1.165) is 0 Å². The van der Waals surface area contributed by atoms with E-state index < -0.39 is 6.68 Å². The molecule has 0 bridgehead atoms. The van der Waals surface area contributed by atoms with Gasteiger partial charge < -0.3 is 9.80 Å². The zero-order chi connectivity index (χ0) is 10.3. The molecule has 0 unspecified atom stereocenters. The number of nitrogens with one attached hydrogen (secondary N) is 1. The van der Waals surface area contributed by atoms with Gasteiger partial charge in [0.1, 0.15) is 0 Å². The molecule has 0 amide bonds. The van der Waals surface area contributed by atoms with Gasteiger partial charge in [-0.1, -0.05) is 0 Å². The van der Waals surface area contributed by atoms with Crippen molar-refractivity contribution in [2.75, 3.05) is 28.2 Å². The molecule has 0 aliphatic rings. The zero-order valence-electron chi connectivity index (χ0n) is 7.61. The maximum absolute atomic E-state index is 9.67. The lowest BCUT2D eigenvalue weighted by molar-refractivity contribution is 0.00819. The molecule has 0 aromatic heterocycles. The molecule has 0 aromatic rings. The lowest BCUT2D eigenvalue weighted by Gasteiger charge is -2.19. The Morgan fingerprint density at radius 1 is 1.00 bits per heavy atom. The standard InChI is InChI=1S/C5H13N3.CHF3/c1-7(2)5(6)8(3)4;2-1(3)4/h6H,1-4H3;1H. The summed E-state index contributed by atoms with van der Waals surface area (Å²) in [7, 11) is 7.40. The van der Waals surface area contributed by atoms with Crippen molar-refractivity contribution in [3.05, 3.63) is 0 Å². The van der Waals surface area contributed by atoms with E-state index in [1.807, 2.05) is 28.2 Å². The Labute approximate surface area is 70.3 Å². The highest BCUT2D eigenvalue weighted by molar-refractivity contribution is 5.75. The van der Waals surface area contributed by atoms with Gasteiger partial charge >= 0.3 is 6.68 Å². The normalized spacial score (nSPS) is 8.67. The fourth-order valence-electron chi connectivity index (χ4n) is 0.400. The summed E-state index contributed by atoms with van der Waals surface area (Å²) in [4.78, 5) is 3.50. The molecule has 74 valence electrons. The smallest absolute Gasteiger partial charge is 0.349 e. The molecule has 0 saturated heterocycles. The Bertz CT molecular complexity index is 112. The first-order valence-electron chi connectivity index (χ1n) is 3.14. The highest BCUT2D eigenvalue weighted by Gasteiger charge is 1.97. The van der Waals surface area contributed by atoms with Crippen molar-refractivity contribution in [3.8, 4) is 0 Å². The largest absolute Gasteiger partial charge is 0.379 e. The van der Waals surface area contributed by atoms with Gasteiger partial charge in [0.2, 0.25) is 0 Å². The number of hydrogen-bond donors (Lipinski definition) is 1. The Hall–Kier alpha value is -0.940. The second kappa shape index (κ2) is 6.75. The molecule has 0 saturated carbocycles. The minimum atomic E-state index is -3.67. The third kappa shape index (κ3) is 11.8. The topological polar surface area (TPSA) is 30.3 Å². The first-order chi connectivity index (χ1) is 5.29. The van der Waals surface area contributed by atoms with Gasteiger partial charge in [-0.15, -0.1) is 0 Å². The number of rotatable bonds is 0. The summed E-state index contributed by atoms with van der Waals surface area (Å²) >= 11 is 0. The molecule has 0 fully saturated rings. The van der Waals surface area contributed by atoms with Gasteiger partial charge in [-0.2, -0.15) is 13.2 Å². The lowest BCUT2D eigenvalue weighted by Crippen LogP contribution is -2.34. The summed E-state index contributed by atoms with van der Waals surface area (Å²) in [5, 5.41) is 7.25. The predicted molar refractivity (Wildman–Crippen MR) is 42.2 cm³/mol. The van der Waals surface area contributed by atoms with Crippen LogP contribution in [0.25, 0.3) is 0 Å². The summed E-state index contributed by atoms with van der Waals surface area (Å²) in [6.45, 7) is -3.67. The first-order valence-corrected chi connectivity index (χ1v) is 3.14. The molecular formula is C6H14F3N3. The molecule has 0 spiro atoms. The van der Waals surface area contributed by atoms with E-state index in [0.29, 0.717) is 5.96 Å². The SMILES string of the molecule is CN(C)C(=N)N(C)C.FC(F)F. The molecule has 1 N–H and O–H groups in total. The van der Waals surface area contributed by atoms with E-state index in [-0.39, 0.29) is 0 Å². The van der Waals surface area contributed by atoms with E-state index in [2.05, 4.69) is 0 Å². The van der Waals surface area contributed by atoms with Crippen molar-refractivity contribution in [1.29, 1.82) is 5.41 Å². The van der Waals surface area contributed by atoms with Crippen molar-refractivity contribution >= 4 is 5.96 Å². The molecule has 0 atom stereocenters. The second-order valence-electron chi connectivity index (χ2n) is 2.36. The molecule has 0 rings (SSSR count). The Balaban J connectivity index is 0. The summed E-state index contributed by atoms with van der Waals surface area (Å²) in [6, 6.07) is 0. The quantitative estimate of drug-likeness (QED) is 0.454. The van der Waals surface area contributed by atoms with Crippen molar-refractivity contribution in [2.45, 2.75) is 6.68 Å². The summed E-state index contributed by atoms with van der Waals surface area (Å²) in [5.74, 6) is 0.519. The fraction of sp³-hybridized carbons (Fsp3) is 0.833. The maximum atomic E-state index is 9.67. The van der Waals surface area contributed by atoms with Crippen LogP contribution in [0.3, 0.4) is 0 Å². The van der Waals surface area contributed by atoms with Crippen LogP contribution in [-0.2, 0) is 0 Å². The number of hydrogen-bond acceptors (Lipinski definition) is 1. The third-order valence-electron chi connectivity index (χ3n) is 0.847. The molecule has 3 nitrogen and oxygen atoms in total. The third-order valence-corrected chi connectivity index (χ3v) is 0.847. The number of halogens is 3. The Morgan fingerprint density at radius 3 is 1.17 bits per heavy atom. The maximum Gasteiger partial charge on any atom is 0.379 e. The van der Waals surface area contributed by atoms with Gasteiger partial charge in [0, 0.05) is 28.2 Å². The van der Waals surface area contributed by atoms with Crippen molar-refractivity contribution < 1.29 is 13.2 Å². The van der Waals surface area contributed by atoms with Crippen molar-refractivity contribution in [2.24, 2.45) is 0 Å². The van der Waals surface area contributed by atoms with Crippen LogP contribution >= 0.6 is 0 Å². The molecule has 0 heterocycles. The number of alkyl halides is 3. The van der Waals surface area contributed by atoms with E-state index in [1.54, 1.807) is 9.80 Å². The van der Waals surface area contributed by atoms with Crippen LogP contribution in [0.5, 0.6) is 0 Å². The van der Waals surface area contributed by atoms with Gasteiger partial charge in [-0.3, -0.25) is 5.41 Å². The van der Waals surface area contributed by atoms with Crippen LogP contribution < -0.4 is 0 Å². The van der Waals surface area contributed by atoms with Crippen LogP contribution in [0.4, 0.5) is 13.2 Å². The van der Waals surface area contributed by atoms with Crippen molar-refractivity contribution in [1.82, 2.24) is 9.80 Å². The molecule has 0 radical (unpaired) electrons. The fourth-order valence-corrected chi connectivity index (χ4v) is 0.400. The highest BCUT2D eigenvalue weighted by Crippen LogP contribution is 1.87. The summed E-state index contributed by atoms with van der Waals surface area (Å²) in [6.07, 6.45) is 0. The molecule has 0 aromatic carbocycles. The van der Waals surface area contributed by atoms with Crippen LogP contribution in [0.15, 0.2) is 0 Å². The molecule has 6 heteroatoms. The van der Waals surface area contributed by atoms with Gasteiger partial charge in [0.05, 0.1) is 0 Å². The first kappa shape index (κ1) is 13.6. The molecule has 12 heavy (non-hydrogen) atoms.